The van der Waals surface area contributed by atoms with Crippen LogP contribution in [0.15, 0.2) is 28.8 Å². The van der Waals surface area contributed by atoms with E-state index in [4.69, 9.17) is 9.26 Å². The molecule has 2 aliphatic heterocycles. The number of methoxy groups -OCH3 is 1. The summed E-state index contributed by atoms with van der Waals surface area (Å²) in [6.45, 7) is 1.88. The number of hydrogen-bond acceptors (Lipinski definition) is 7. The summed E-state index contributed by atoms with van der Waals surface area (Å²) in [4.78, 5) is 19.0. The Morgan fingerprint density at radius 2 is 1.90 bits per heavy atom. The number of amides is 1. The molecular weight excluding hydrogens is 396 g/mol. The summed E-state index contributed by atoms with van der Waals surface area (Å²) in [7, 11) is -1.59. The van der Waals surface area contributed by atoms with Crippen molar-refractivity contribution in [3.63, 3.8) is 0 Å². The quantitative estimate of drug-likeness (QED) is 0.719. The van der Waals surface area contributed by atoms with Crippen LogP contribution in [0, 0.1) is 5.92 Å². The Balaban J connectivity index is 1.34. The fourth-order valence-corrected chi connectivity index (χ4v) is 4.72. The van der Waals surface area contributed by atoms with Gasteiger partial charge in [0.1, 0.15) is 5.75 Å². The largest absolute Gasteiger partial charge is 0.496 e. The molecule has 0 atom stereocenters. The van der Waals surface area contributed by atoms with E-state index in [-0.39, 0.29) is 17.7 Å². The average Bonchev–Trinajstić information content (AvgIpc) is 3.15. The third-order valence-corrected chi connectivity index (χ3v) is 6.91. The van der Waals surface area contributed by atoms with Crippen LogP contribution < -0.4 is 4.74 Å². The number of hydrogen-bond donors (Lipinski definition) is 0. The van der Waals surface area contributed by atoms with E-state index in [1.165, 1.54) is 10.6 Å². The minimum atomic E-state index is -3.19. The average molecular weight is 420 g/mol. The van der Waals surface area contributed by atoms with Crippen molar-refractivity contribution in [2.75, 3.05) is 39.5 Å². The fourth-order valence-electron chi connectivity index (χ4n) is 3.85. The molecule has 0 N–H and O–H groups in total. The van der Waals surface area contributed by atoms with E-state index in [2.05, 4.69) is 10.1 Å². The second-order valence-corrected chi connectivity index (χ2v) is 9.52. The minimum Gasteiger partial charge on any atom is -0.496 e. The van der Waals surface area contributed by atoms with E-state index < -0.39 is 10.0 Å². The molecule has 0 saturated carbocycles. The second kappa shape index (κ2) is 7.75. The maximum atomic E-state index is 12.7. The summed E-state index contributed by atoms with van der Waals surface area (Å²) in [6.07, 6.45) is 2.33. The molecule has 0 unspecified atom stereocenters. The Hall–Kier alpha value is -2.46. The number of para-hydroxylation sites is 1. The second-order valence-electron chi connectivity index (χ2n) is 7.53. The highest BCUT2D eigenvalue weighted by atomic mass is 32.2. The van der Waals surface area contributed by atoms with Crippen LogP contribution in [-0.2, 0) is 14.8 Å². The molecule has 3 heterocycles. The van der Waals surface area contributed by atoms with Gasteiger partial charge in [0, 0.05) is 32.1 Å². The van der Waals surface area contributed by atoms with Gasteiger partial charge >= 0.3 is 0 Å². The van der Waals surface area contributed by atoms with Gasteiger partial charge in [-0.1, -0.05) is 17.3 Å². The predicted molar refractivity (Wildman–Crippen MR) is 105 cm³/mol. The van der Waals surface area contributed by atoms with E-state index in [1.54, 1.807) is 12.0 Å². The maximum absolute atomic E-state index is 12.7. The van der Waals surface area contributed by atoms with Crippen molar-refractivity contribution >= 4 is 15.9 Å². The summed E-state index contributed by atoms with van der Waals surface area (Å²) < 4.78 is 35.4. The Kier molecular flexibility index (Phi) is 5.30. The zero-order valence-corrected chi connectivity index (χ0v) is 17.3. The summed E-state index contributed by atoms with van der Waals surface area (Å²) >= 11 is 0. The fraction of sp³-hybridized carbons (Fsp3) is 0.526. The van der Waals surface area contributed by atoms with E-state index in [9.17, 15) is 13.2 Å². The van der Waals surface area contributed by atoms with Crippen LogP contribution >= 0.6 is 0 Å². The number of likely N-dealkylation sites (tertiary alicyclic amines) is 1. The number of piperidine rings is 1. The molecule has 9 nitrogen and oxygen atoms in total. The molecule has 0 bridgehead atoms. The van der Waals surface area contributed by atoms with Crippen LogP contribution in [0.3, 0.4) is 0 Å². The van der Waals surface area contributed by atoms with Gasteiger partial charge in [0.25, 0.3) is 0 Å². The summed E-state index contributed by atoms with van der Waals surface area (Å²) in [5.74, 6) is 1.63. The number of carbonyl (C=O) groups excluding carboxylic acids is 1. The lowest BCUT2D eigenvalue weighted by molar-refractivity contribution is -0.141. The zero-order chi connectivity index (χ0) is 20.6. The normalized spacial score (nSPS) is 19.2. The zero-order valence-electron chi connectivity index (χ0n) is 16.4. The molecule has 0 radical (unpaired) electrons. The molecule has 29 heavy (non-hydrogen) atoms. The van der Waals surface area contributed by atoms with Gasteiger partial charge in [-0.15, -0.1) is 0 Å². The van der Waals surface area contributed by atoms with Crippen LogP contribution in [0.4, 0.5) is 0 Å². The van der Waals surface area contributed by atoms with Crippen molar-refractivity contribution in [1.29, 1.82) is 0 Å². The van der Waals surface area contributed by atoms with Crippen molar-refractivity contribution in [1.82, 2.24) is 19.3 Å². The number of rotatable bonds is 5. The van der Waals surface area contributed by atoms with Crippen molar-refractivity contribution in [3.8, 4) is 17.1 Å². The number of aromatic nitrogens is 2. The highest BCUT2D eigenvalue weighted by molar-refractivity contribution is 7.88. The first-order valence-corrected chi connectivity index (χ1v) is 11.4. The Morgan fingerprint density at radius 3 is 2.55 bits per heavy atom. The predicted octanol–water partition coefficient (Wildman–Crippen LogP) is 1.34. The number of carbonyl (C=O) groups is 1. The van der Waals surface area contributed by atoms with Gasteiger partial charge in [0.05, 0.1) is 24.8 Å². The molecule has 156 valence electrons. The van der Waals surface area contributed by atoms with E-state index in [1.807, 2.05) is 24.3 Å². The van der Waals surface area contributed by atoms with E-state index >= 15 is 0 Å². The Morgan fingerprint density at radius 1 is 1.21 bits per heavy atom. The molecule has 1 aromatic carbocycles. The highest BCUT2D eigenvalue weighted by Crippen LogP contribution is 2.32. The number of benzene rings is 1. The first kappa shape index (κ1) is 19.8. The molecule has 2 fully saturated rings. The van der Waals surface area contributed by atoms with E-state index in [0.717, 1.165) is 5.56 Å². The van der Waals surface area contributed by atoms with E-state index in [0.29, 0.717) is 56.5 Å². The molecule has 0 aliphatic carbocycles. The molecule has 0 spiro atoms. The smallest absolute Gasteiger partial charge is 0.233 e. The Bertz CT molecular complexity index is 992. The number of ether oxygens (including phenoxy) is 1. The van der Waals surface area contributed by atoms with Gasteiger partial charge < -0.3 is 14.2 Å². The molecule has 2 saturated heterocycles. The Labute approximate surface area is 169 Å². The SMILES string of the molecule is COc1ccccc1-c1noc(C2CN(C(=O)C3CCN(S(C)(=O)=O)CC3)C2)n1. The maximum Gasteiger partial charge on any atom is 0.233 e. The van der Waals surface area contributed by atoms with Crippen molar-refractivity contribution in [3.05, 3.63) is 30.2 Å². The minimum absolute atomic E-state index is 0.0195. The topological polar surface area (TPSA) is 106 Å². The molecule has 10 heteroatoms. The van der Waals surface area contributed by atoms with Crippen molar-refractivity contribution in [2.45, 2.75) is 18.8 Å². The molecule has 2 aliphatic rings. The highest BCUT2D eigenvalue weighted by Gasteiger charge is 2.39. The molecular formula is C19H24N4O5S. The molecule has 1 aromatic heterocycles. The third kappa shape index (κ3) is 3.99. The van der Waals surface area contributed by atoms with Crippen molar-refractivity contribution < 1.29 is 22.5 Å². The third-order valence-electron chi connectivity index (χ3n) is 5.60. The van der Waals surface area contributed by atoms with Crippen LogP contribution in [0.2, 0.25) is 0 Å². The van der Waals surface area contributed by atoms with Gasteiger partial charge in [-0.25, -0.2) is 12.7 Å². The lowest BCUT2D eigenvalue weighted by atomic mass is 9.92. The van der Waals surface area contributed by atoms with Gasteiger partial charge in [-0.2, -0.15) is 4.98 Å². The molecule has 1 amide bonds. The van der Waals surface area contributed by atoms with Gasteiger partial charge in [0.15, 0.2) is 0 Å². The van der Waals surface area contributed by atoms with Crippen LogP contribution in [0.1, 0.15) is 24.7 Å². The first-order valence-electron chi connectivity index (χ1n) is 9.57. The summed E-state index contributed by atoms with van der Waals surface area (Å²) in [6, 6.07) is 7.46. The molecule has 4 rings (SSSR count). The van der Waals surface area contributed by atoms with Gasteiger partial charge in [0.2, 0.25) is 27.6 Å². The monoisotopic (exact) mass is 420 g/mol. The lowest BCUT2D eigenvalue weighted by Gasteiger charge is -2.40. The van der Waals surface area contributed by atoms with Crippen LogP contribution in [0.25, 0.3) is 11.4 Å². The summed E-state index contributed by atoms with van der Waals surface area (Å²) in [5, 5.41) is 4.06. The van der Waals surface area contributed by atoms with Crippen LogP contribution in [0.5, 0.6) is 5.75 Å². The standard InChI is InChI=1S/C19H24N4O5S/c1-27-16-6-4-3-5-15(16)17-20-18(28-21-17)14-11-22(12-14)19(24)13-7-9-23(10-8-13)29(2,25)26/h3-6,13-14H,7-12H2,1-2H3. The summed E-state index contributed by atoms with van der Waals surface area (Å²) in [5.41, 5.74) is 0.759. The van der Waals surface area contributed by atoms with Crippen molar-refractivity contribution in [2.24, 2.45) is 5.92 Å². The van der Waals surface area contributed by atoms with Crippen LogP contribution in [-0.4, -0.2) is 73.2 Å². The number of sulfonamides is 1. The molecule has 2 aromatic rings. The van der Waals surface area contributed by atoms with Gasteiger partial charge in [-0.3, -0.25) is 4.79 Å². The lowest BCUT2D eigenvalue weighted by Crippen LogP contribution is -2.52. The first-order chi connectivity index (χ1) is 13.9. The number of nitrogens with zero attached hydrogens (tertiary/aromatic N) is 4. The van der Waals surface area contributed by atoms with Gasteiger partial charge in [-0.05, 0) is 25.0 Å².